The van der Waals surface area contributed by atoms with Crippen LogP contribution in [-0.2, 0) is 9.36 Å². The number of rotatable bonds is 6. The van der Waals surface area contributed by atoms with E-state index in [1.165, 1.54) is 6.92 Å². The molecule has 0 aliphatic rings. The van der Waals surface area contributed by atoms with Crippen LogP contribution in [-0.4, -0.2) is 28.3 Å². The quantitative estimate of drug-likeness (QED) is 0.652. The van der Waals surface area contributed by atoms with Crippen molar-refractivity contribution in [2.75, 3.05) is 12.3 Å². The van der Waals surface area contributed by atoms with Crippen LogP contribution in [0.5, 0.6) is 0 Å². The molecular formula is C8H17O4P. The van der Waals surface area contributed by atoms with Gasteiger partial charge in [-0.05, 0) is 6.42 Å². The maximum atomic E-state index is 11.4. The first-order valence-electron chi connectivity index (χ1n) is 4.42. The summed E-state index contributed by atoms with van der Waals surface area (Å²) < 4.78 is 11.4. The number of aliphatic carboxylic acids is 1. The van der Waals surface area contributed by atoms with Crippen molar-refractivity contribution in [1.82, 2.24) is 0 Å². The molecule has 2 atom stereocenters. The number of unbranched alkanes of at least 4 members (excludes halogenated alkanes) is 1. The van der Waals surface area contributed by atoms with Crippen molar-refractivity contribution >= 4 is 13.3 Å². The topological polar surface area (TPSA) is 74.6 Å². The van der Waals surface area contributed by atoms with Gasteiger partial charge in [-0.25, -0.2) is 0 Å². The molecule has 78 valence electrons. The summed E-state index contributed by atoms with van der Waals surface area (Å²) in [6.07, 6.45) is 1.66. The molecule has 0 aromatic rings. The van der Waals surface area contributed by atoms with Crippen LogP contribution in [0.1, 0.15) is 26.7 Å². The number of carbonyl (C=O) groups is 1. The molecule has 0 radical (unpaired) electrons. The third-order valence-electron chi connectivity index (χ3n) is 1.84. The van der Waals surface area contributed by atoms with Crippen LogP contribution in [0.15, 0.2) is 0 Å². The van der Waals surface area contributed by atoms with Gasteiger partial charge < -0.3 is 10.00 Å². The molecule has 0 aromatic carbocycles. The molecule has 2 unspecified atom stereocenters. The van der Waals surface area contributed by atoms with Crippen molar-refractivity contribution in [3.8, 4) is 0 Å². The Morgan fingerprint density at radius 1 is 1.54 bits per heavy atom. The molecule has 5 heteroatoms. The summed E-state index contributed by atoms with van der Waals surface area (Å²) in [6.45, 7) is 3.39. The van der Waals surface area contributed by atoms with E-state index < -0.39 is 19.3 Å². The van der Waals surface area contributed by atoms with Crippen LogP contribution in [0.4, 0.5) is 0 Å². The largest absolute Gasteiger partial charge is 0.481 e. The molecule has 4 nitrogen and oxygen atoms in total. The molecule has 0 bridgehead atoms. The summed E-state index contributed by atoms with van der Waals surface area (Å²) in [4.78, 5) is 19.8. The van der Waals surface area contributed by atoms with E-state index in [1.807, 2.05) is 6.92 Å². The molecule has 0 aliphatic carbocycles. The minimum atomic E-state index is -3.20. The Morgan fingerprint density at radius 2 is 2.08 bits per heavy atom. The first kappa shape index (κ1) is 12.7. The fourth-order valence-corrected chi connectivity index (χ4v) is 3.01. The van der Waals surface area contributed by atoms with E-state index in [4.69, 9.17) is 5.11 Å². The summed E-state index contributed by atoms with van der Waals surface area (Å²) in [5.41, 5.74) is 0. The summed E-state index contributed by atoms with van der Waals surface area (Å²) in [5, 5.41) is 8.54. The number of hydrogen-bond donors (Lipinski definition) is 2. The molecule has 0 amide bonds. The van der Waals surface area contributed by atoms with E-state index in [2.05, 4.69) is 0 Å². The Labute approximate surface area is 78.4 Å². The number of carboxylic acids is 1. The van der Waals surface area contributed by atoms with Crippen LogP contribution < -0.4 is 0 Å². The molecule has 13 heavy (non-hydrogen) atoms. The first-order valence-corrected chi connectivity index (χ1v) is 6.45. The second kappa shape index (κ2) is 5.40. The normalized spacial score (nSPS) is 17.8. The third-order valence-corrected chi connectivity index (χ3v) is 3.98. The van der Waals surface area contributed by atoms with Crippen molar-refractivity contribution in [3.63, 3.8) is 0 Å². The SMILES string of the molecule is CCCCP(=O)(O)CC(C)C(=O)O. The van der Waals surface area contributed by atoms with E-state index >= 15 is 0 Å². The number of hydrogen-bond acceptors (Lipinski definition) is 2. The van der Waals surface area contributed by atoms with E-state index in [9.17, 15) is 14.3 Å². The highest BCUT2D eigenvalue weighted by molar-refractivity contribution is 7.58. The van der Waals surface area contributed by atoms with Crippen molar-refractivity contribution in [2.45, 2.75) is 26.7 Å². The second-order valence-corrected chi connectivity index (χ2v) is 5.85. The maximum Gasteiger partial charge on any atom is 0.306 e. The van der Waals surface area contributed by atoms with Gasteiger partial charge in [0, 0.05) is 12.3 Å². The van der Waals surface area contributed by atoms with E-state index in [1.54, 1.807) is 0 Å². The van der Waals surface area contributed by atoms with E-state index in [-0.39, 0.29) is 12.3 Å². The summed E-state index contributed by atoms with van der Waals surface area (Å²) in [5.74, 6) is -1.74. The minimum absolute atomic E-state index is 0.109. The average Bonchev–Trinajstić information content (AvgIpc) is 2.00. The second-order valence-electron chi connectivity index (χ2n) is 3.35. The lowest BCUT2D eigenvalue weighted by Gasteiger charge is -2.13. The highest BCUT2D eigenvalue weighted by Crippen LogP contribution is 2.43. The van der Waals surface area contributed by atoms with Crippen LogP contribution >= 0.6 is 7.37 Å². The van der Waals surface area contributed by atoms with E-state index in [0.717, 1.165) is 6.42 Å². The lowest BCUT2D eigenvalue weighted by atomic mass is 10.2. The van der Waals surface area contributed by atoms with Crippen LogP contribution in [0.3, 0.4) is 0 Å². The zero-order chi connectivity index (χ0) is 10.5. The van der Waals surface area contributed by atoms with Gasteiger partial charge in [0.25, 0.3) is 0 Å². The van der Waals surface area contributed by atoms with Gasteiger partial charge in [0.1, 0.15) is 0 Å². The lowest BCUT2D eigenvalue weighted by molar-refractivity contribution is -0.140. The Morgan fingerprint density at radius 3 is 2.46 bits per heavy atom. The molecule has 0 aliphatic heterocycles. The zero-order valence-electron chi connectivity index (χ0n) is 8.06. The van der Waals surface area contributed by atoms with Crippen LogP contribution in [0.2, 0.25) is 0 Å². The Balaban J connectivity index is 4.01. The van der Waals surface area contributed by atoms with Gasteiger partial charge in [-0.1, -0.05) is 20.3 Å². The average molecular weight is 208 g/mol. The van der Waals surface area contributed by atoms with Gasteiger partial charge in [-0.15, -0.1) is 0 Å². The first-order chi connectivity index (χ1) is 5.89. The van der Waals surface area contributed by atoms with Crippen LogP contribution in [0, 0.1) is 5.92 Å². The monoisotopic (exact) mass is 208 g/mol. The van der Waals surface area contributed by atoms with Crippen molar-refractivity contribution in [1.29, 1.82) is 0 Å². The molecule has 0 rings (SSSR count). The van der Waals surface area contributed by atoms with Crippen molar-refractivity contribution in [3.05, 3.63) is 0 Å². The molecule has 2 N–H and O–H groups in total. The summed E-state index contributed by atoms with van der Waals surface area (Å²) >= 11 is 0. The van der Waals surface area contributed by atoms with Gasteiger partial charge in [-0.3, -0.25) is 9.36 Å². The van der Waals surface area contributed by atoms with Crippen molar-refractivity contribution < 1.29 is 19.4 Å². The molecule has 0 spiro atoms. The van der Waals surface area contributed by atoms with Crippen LogP contribution in [0.25, 0.3) is 0 Å². The zero-order valence-corrected chi connectivity index (χ0v) is 8.96. The molecule has 0 aromatic heterocycles. The third kappa shape index (κ3) is 5.83. The molecule has 0 saturated heterocycles. The van der Waals surface area contributed by atoms with Gasteiger partial charge >= 0.3 is 5.97 Å². The molecule has 0 heterocycles. The predicted octanol–water partition coefficient (Wildman–Crippen LogP) is 1.78. The molecular weight excluding hydrogens is 191 g/mol. The van der Waals surface area contributed by atoms with Gasteiger partial charge in [0.05, 0.1) is 5.92 Å². The fourth-order valence-electron chi connectivity index (χ4n) is 1.00. The highest BCUT2D eigenvalue weighted by Gasteiger charge is 2.24. The van der Waals surface area contributed by atoms with Gasteiger partial charge in [0.2, 0.25) is 7.37 Å². The summed E-state index contributed by atoms with van der Waals surface area (Å²) in [7, 11) is -3.20. The Kier molecular flexibility index (Phi) is 5.26. The summed E-state index contributed by atoms with van der Waals surface area (Å²) in [6, 6.07) is 0. The number of carboxylic acid groups (broad SMARTS) is 1. The predicted molar refractivity (Wildman–Crippen MR) is 51.3 cm³/mol. The molecule has 0 fully saturated rings. The Hall–Kier alpha value is -0.340. The fraction of sp³-hybridized carbons (Fsp3) is 0.875. The Bertz CT molecular complexity index is 214. The smallest absolute Gasteiger partial charge is 0.306 e. The standard InChI is InChI=1S/C8H17O4P/c1-3-4-5-13(11,12)6-7(2)8(9)10/h7H,3-6H2,1-2H3,(H,9,10)(H,11,12). The van der Waals surface area contributed by atoms with E-state index in [0.29, 0.717) is 6.42 Å². The molecule has 0 saturated carbocycles. The minimum Gasteiger partial charge on any atom is -0.481 e. The van der Waals surface area contributed by atoms with Crippen molar-refractivity contribution in [2.24, 2.45) is 5.92 Å². The highest BCUT2D eigenvalue weighted by atomic mass is 31.2. The lowest BCUT2D eigenvalue weighted by Crippen LogP contribution is -2.15. The van der Waals surface area contributed by atoms with Gasteiger partial charge in [0.15, 0.2) is 0 Å². The van der Waals surface area contributed by atoms with Gasteiger partial charge in [-0.2, -0.15) is 0 Å². The maximum absolute atomic E-state index is 11.4.